The Balaban J connectivity index is 2.17. The first-order chi connectivity index (χ1) is 10.5. The Morgan fingerprint density at radius 3 is 2.41 bits per heavy atom. The third-order valence-corrected chi connectivity index (χ3v) is 3.86. The smallest absolute Gasteiger partial charge is 0.251 e. The van der Waals surface area contributed by atoms with E-state index in [1.54, 1.807) is 13.2 Å². The molecule has 0 aliphatic rings. The van der Waals surface area contributed by atoms with Gasteiger partial charge in [-0.05, 0) is 43.5 Å². The van der Waals surface area contributed by atoms with Crippen LogP contribution in [0, 0.1) is 13.8 Å². The Morgan fingerprint density at radius 1 is 1.14 bits per heavy atom. The van der Waals surface area contributed by atoms with Crippen LogP contribution < -0.4 is 10.1 Å². The molecule has 3 heteroatoms. The van der Waals surface area contributed by atoms with Crippen LogP contribution in [0.2, 0.25) is 0 Å². The van der Waals surface area contributed by atoms with Gasteiger partial charge in [-0.25, -0.2) is 0 Å². The second-order valence-corrected chi connectivity index (χ2v) is 5.53. The van der Waals surface area contributed by atoms with Crippen LogP contribution in [-0.2, 0) is 0 Å². The number of ether oxygens (including phenoxy) is 1. The van der Waals surface area contributed by atoms with Crippen LogP contribution in [0.3, 0.4) is 0 Å². The summed E-state index contributed by atoms with van der Waals surface area (Å²) in [5.74, 6) is 0.654. The molecule has 0 radical (unpaired) electrons. The Morgan fingerprint density at radius 2 is 1.82 bits per heavy atom. The van der Waals surface area contributed by atoms with Gasteiger partial charge in [0.1, 0.15) is 5.75 Å². The summed E-state index contributed by atoms with van der Waals surface area (Å²) in [5.41, 5.74) is 3.98. The van der Waals surface area contributed by atoms with Crippen LogP contribution in [0.5, 0.6) is 5.75 Å². The lowest BCUT2D eigenvalue weighted by Crippen LogP contribution is -2.28. The summed E-state index contributed by atoms with van der Waals surface area (Å²) in [5, 5.41) is 3.10. The average molecular weight is 297 g/mol. The fourth-order valence-electron chi connectivity index (χ4n) is 2.42. The van der Waals surface area contributed by atoms with Crippen molar-refractivity contribution in [3.05, 3.63) is 64.7 Å². The zero-order chi connectivity index (χ0) is 16.1. The van der Waals surface area contributed by atoms with Crippen LogP contribution in [-0.4, -0.2) is 13.0 Å². The van der Waals surface area contributed by atoms with Crippen molar-refractivity contribution in [1.29, 1.82) is 0 Å². The van der Waals surface area contributed by atoms with E-state index in [0.717, 1.165) is 23.3 Å². The molecule has 2 aromatic rings. The van der Waals surface area contributed by atoms with Gasteiger partial charge in [-0.15, -0.1) is 0 Å². The summed E-state index contributed by atoms with van der Waals surface area (Å²) in [6.07, 6.45) is 0.845. The van der Waals surface area contributed by atoms with Crippen molar-refractivity contribution in [2.45, 2.75) is 33.2 Å². The van der Waals surface area contributed by atoms with Crippen LogP contribution in [0.25, 0.3) is 0 Å². The molecule has 0 saturated carbocycles. The molecule has 2 aromatic carbocycles. The van der Waals surface area contributed by atoms with Crippen LogP contribution in [0.1, 0.15) is 46.4 Å². The van der Waals surface area contributed by atoms with Gasteiger partial charge in [0.25, 0.3) is 5.91 Å². The monoisotopic (exact) mass is 297 g/mol. The number of carbonyl (C=O) groups is 1. The van der Waals surface area contributed by atoms with Crippen LogP contribution in [0.15, 0.2) is 42.5 Å². The Kier molecular flexibility index (Phi) is 5.21. The fourth-order valence-corrected chi connectivity index (χ4v) is 2.42. The van der Waals surface area contributed by atoms with E-state index in [1.807, 2.05) is 19.1 Å². The standard InChI is InChI=1S/C19H23NO2/c1-5-17(15-9-6-13(2)7-10-15)20-19(21)16-11-8-14(3)18(12-16)22-4/h6-12,17H,5H2,1-4H3,(H,20,21)/t17-/m0/s1. The van der Waals surface area contributed by atoms with E-state index < -0.39 is 0 Å². The largest absolute Gasteiger partial charge is 0.496 e. The lowest BCUT2D eigenvalue weighted by Gasteiger charge is -2.18. The minimum atomic E-state index is -0.0780. The summed E-state index contributed by atoms with van der Waals surface area (Å²) in [6.45, 7) is 6.09. The van der Waals surface area contributed by atoms with Crippen molar-refractivity contribution in [3.8, 4) is 5.75 Å². The zero-order valence-electron chi connectivity index (χ0n) is 13.6. The van der Waals surface area contributed by atoms with Crippen LogP contribution >= 0.6 is 0 Å². The SMILES string of the molecule is CC[C@H](NC(=O)c1ccc(C)c(OC)c1)c1ccc(C)cc1. The second kappa shape index (κ2) is 7.12. The average Bonchev–Trinajstić information content (AvgIpc) is 2.53. The van der Waals surface area contributed by atoms with Crippen molar-refractivity contribution >= 4 is 5.91 Å². The van der Waals surface area contributed by atoms with Crippen molar-refractivity contribution in [2.75, 3.05) is 7.11 Å². The first-order valence-electron chi connectivity index (χ1n) is 7.57. The molecular formula is C19H23NO2. The summed E-state index contributed by atoms with van der Waals surface area (Å²) in [6, 6.07) is 13.8. The van der Waals surface area contributed by atoms with Crippen molar-refractivity contribution in [3.63, 3.8) is 0 Å². The van der Waals surface area contributed by atoms with E-state index >= 15 is 0 Å². The van der Waals surface area contributed by atoms with E-state index in [0.29, 0.717) is 5.56 Å². The van der Waals surface area contributed by atoms with Gasteiger partial charge in [-0.1, -0.05) is 42.8 Å². The summed E-state index contributed by atoms with van der Waals surface area (Å²) in [7, 11) is 1.62. The summed E-state index contributed by atoms with van der Waals surface area (Å²) in [4.78, 5) is 12.5. The quantitative estimate of drug-likeness (QED) is 0.898. The highest BCUT2D eigenvalue weighted by atomic mass is 16.5. The molecule has 0 aliphatic carbocycles. The molecule has 0 saturated heterocycles. The van der Waals surface area contributed by atoms with Gasteiger partial charge in [0, 0.05) is 5.56 Å². The maximum Gasteiger partial charge on any atom is 0.251 e. The molecule has 0 fully saturated rings. The van der Waals surface area contributed by atoms with E-state index in [9.17, 15) is 4.79 Å². The molecule has 0 aromatic heterocycles. The number of carbonyl (C=O) groups excluding carboxylic acids is 1. The number of nitrogens with one attached hydrogen (secondary N) is 1. The molecular weight excluding hydrogens is 274 g/mol. The maximum atomic E-state index is 12.5. The zero-order valence-corrected chi connectivity index (χ0v) is 13.6. The molecule has 0 unspecified atom stereocenters. The number of hydrogen-bond acceptors (Lipinski definition) is 2. The third-order valence-electron chi connectivity index (χ3n) is 3.86. The topological polar surface area (TPSA) is 38.3 Å². The molecule has 2 rings (SSSR count). The lowest BCUT2D eigenvalue weighted by molar-refractivity contribution is 0.0935. The third kappa shape index (κ3) is 3.67. The van der Waals surface area contributed by atoms with Gasteiger partial charge >= 0.3 is 0 Å². The van der Waals surface area contributed by atoms with Crippen LogP contribution in [0.4, 0.5) is 0 Å². The summed E-state index contributed by atoms with van der Waals surface area (Å²) >= 11 is 0. The molecule has 1 N–H and O–H groups in total. The number of hydrogen-bond donors (Lipinski definition) is 1. The van der Waals surface area contributed by atoms with Gasteiger partial charge in [-0.3, -0.25) is 4.79 Å². The van der Waals surface area contributed by atoms with Crippen molar-refractivity contribution in [2.24, 2.45) is 0 Å². The van der Waals surface area contributed by atoms with Crippen molar-refractivity contribution in [1.82, 2.24) is 5.32 Å². The van der Waals surface area contributed by atoms with E-state index in [2.05, 4.69) is 43.4 Å². The first kappa shape index (κ1) is 16.1. The molecule has 3 nitrogen and oxygen atoms in total. The van der Waals surface area contributed by atoms with Gasteiger partial charge in [0.2, 0.25) is 0 Å². The number of methoxy groups -OCH3 is 1. The van der Waals surface area contributed by atoms with E-state index in [4.69, 9.17) is 4.74 Å². The summed E-state index contributed by atoms with van der Waals surface area (Å²) < 4.78 is 5.28. The normalized spacial score (nSPS) is 11.8. The van der Waals surface area contributed by atoms with E-state index in [-0.39, 0.29) is 11.9 Å². The number of aryl methyl sites for hydroxylation is 2. The minimum absolute atomic E-state index is 0.0143. The molecule has 116 valence electrons. The first-order valence-corrected chi connectivity index (χ1v) is 7.57. The van der Waals surface area contributed by atoms with Gasteiger partial charge < -0.3 is 10.1 Å². The van der Waals surface area contributed by atoms with Gasteiger partial charge in [0.05, 0.1) is 13.2 Å². The van der Waals surface area contributed by atoms with Gasteiger partial charge in [-0.2, -0.15) is 0 Å². The highest BCUT2D eigenvalue weighted by Crippen LogP contribution is 2.21. The number of amides is 1. The molecule has 1 atom stereocenters. The molecule has 0 aliphatic heterocycles. The minimum Gasteiger partial charge on any atom is -0.496 e. The predicted octanol–water partition coefficient (Wildman–Crippen LogP) is 4.19. The Labute approximate surface area is 132 Å². The molecule has 1 amide bonds. The molecule has 0 heterocycles. The molecule has 0 spiro atoms. The number of rotatable bonds is 5. The number of benzene rings is 2. The molecule has 22 heavy (non-hydrogen) atoms. The maximum absolute atomic E-state index is 12.5. The highest BCUT2D eigenvalue weighted by Gasteiger charge is 2.15. The Hall–Kier alpha value is -2.29. The second-order valence-electron chi connectivity index (χ2n) is 5.53. The van der Waals surface area contributed by atoms with Crippen molar-refractivity contribution < 1.29 is 9.53 Å². The Bertz CT molecular complexity index is 647. The highest BCUT2D eigenvalue weighted by molar-refractivity contribution is 5.95. The van der Waals surface area contributed by atoms with Gasteiger partial charge in [0.15, 0.2) is 0 Å². The fraction of sp³-hybridized carbons (Fsp3) is 0.316. The predicted molar refractivity (Wildman–Crippen MR) is 89.4 cm³/mol. The molecule has 0 bridgehead atoms. The lowest BCUT2D eigenvalue weighted by atomic mass is 10.0. The van der Waals surface area contributed by atoms with E-state index in [1.165, 1.54) is 5.56 Å².